The normalized spacial score (nSPS) is 12.5. The third-order valence-electron chi connectivity index (χ3n) is 2.02. The number of hydrogen-bond donors (Lipinski definition) is 2. The Bertz CT molecular complexity index is 348. The van der Waals surface area contributed by atoms with Gasteiger partial charge < -0.3 is 10.4 Å². The Labute approximate surface area is 98.0 Å². The van der Waals surface area contributed by atoms with E-state index in [4.69, 9.17) is 28.3 Å². The molecule has 5 heteroatoms. The monoisotopic (exact) mass is 247 g/mol. The molecule has 82 valence electrons. The minimum atomic E-state index is -0.904. The van der Waals surface area contributed by atoms with Crippen LogP contribution in [0.25, 0.3) is 0 Å². The molecular weight excluding hydrogens is 237 g/mol. The van der Waals surface area contributed by atoms with Gasteiger partial charge in [0.1, 0.15) is 6.04 Å². The van der Waals surface area contributed by atoms with Crippen molar-refractivity contribution in [3.63, 3.8) is 0 Å². The molecule has 0 spiro atoms. The topological polar surface area (TPSA) is 49.3 Å². The zero-order chi connectivity index (χ0) is 11.4. The number of hydrogen-bond acceptors (Lipinski definition) is 2. The zero-order valence-electron chi connectivity index (χ0n) is 8.13. The highest BCUT2D eigenvalue weighted by Gasteiger charge is 2.11. The van der Waals surface area contributed by atoms with Crippen LogP contribution in [0.5, 0.6) is 0 Å². The second-order valence-corrected chi connectivity index (χ2v) is 3.96. The molecule has 0 aliphatic rings. The molecule has 1 atom stereocenters. The van der Waals surface area contributed by atoms with Crippen LogP contribution in [0.4, 0.5) is 0 Å². The summed E-state index contributed by atoms with van der Waals surface area (Å²) in [5.74, 6) is -0.904. The summed E-state index contributed by atoms with van der Waals surface area (Å²) in [6, 6.07) is 4.55. The van der Waals surface area contributed by atoms with Crippen LogP contribution in [0.1, 0.15) is 12.5 Å². The van der Waals surface area contributed by atoms with Crippen molar-refractivity contribution in [2.45, 2.75) is 19.5 Å². The number of carboxylic acid groups (broad SMARTS) is 1. The van der Waals surface area contributed by atoms with E-state index in [1.807, 2.05) is 0 Å². The van der Waals surface area contributed by atoms with Crippen molar-refractivity contribution in [1.82, 2.24) is 5.32 Å². The van der Waals surface area contributed by atoms with E-state index in [9.17, 15) is 4.79 Å². The van der Waals surface area contributed by atoms with Crippen LogP contribution < -0.4 is 5.32 Å². The van der Waals surface area contributed by atoms with Crippen LogP contribution in [-0.2, 0) is 11.3 Å². The number of carbonyl (C=O) groups is 1. The Morgan fingerprint density at radius 2 is 2.00 bits per heavy atom. The van der Waals surface area contributed by atoms with Crippen LogP contribution in [0.15, 0.2) is 18.2 Å². The summed E-state index contributed by atoms with van der Waals surface area (Å²) in [4.78, 5) is 10.6. The molecule has 1 aromatic rings. The van der Waals surface area contributed by atoms with Crippen molar-refractivity contribution in [1.29, 1.82) is 0 Å². The number of halogens is 2. The molecule has 2 N–H and O–H groups in total. The van der Waals surface area contributed by atoms with Gasteiger partial charge in [-0.15, -0.1) is 0 Å². The maximum atomic E-state index is 10.6. The molecule has 0 aliphatic carbocycles. The van der Waals surface area contributed by atoms with Crippen molar-refractivity contribution >= 4 is 29.2 Å². The molecule has 3 nitrogen and oxygen atoms in total. The van der Waals surface area contributed by atoms with Crippen molar-refractivity contribution in [3.8, 4) is 0 Å². The maximum absolute atomic E-state index is 10.6. The highest BCUT2D eigenvalue weighted by atomic mass is 35.5. The summed E-state index contributed by atoms with van der Waals surface area (Å²) in [5.41, 5.74) is 0.717. The summed E-state index contributed by atoms with van der Waals surface area (Å²) < 4.78 is 0. The molecule has 0 fully saturated rings. The molecule has 15 heavy (non-hydrogen) atoms. The van der Waals surface area contributed by atoms with Gasteiger partial charge in [-0.1, -0.05) is 29.3 Å². The Morgan fingerprint density at radius 1 is 1.47 bits per heavy atom. The fourth-order valence-electron chi connectivity index (χ4n) is 1.04. The van der Waals surface area contributed by atoms with E-state index < -0.39 is 12.0 Å². The van der Waals surface area contributed by atoms with E-state index in [1.165, 1.54) is 0 Å². The van der Waals surface area contributed by atoms with Gasteiger partial charge in [0.05, 0.1) is 0 Å². The van der Waals surface area contributed by atoms with E-state index in [1.54, 1.807) is 25.1 Å². The van der Waals surface area contributed by atoms with Gasteiger partial charge in [0.25, 0.3) is 0 Å². The lowest BCUT2D eigenvalue weighted by Crippen LogP contribution is -2.33. The standard InChI is InChI=1S/C10H11Cl2NO2/c1-6(10(14)15)13-5-7-8(11)3-2-4-9(7)12/h2-4,6,13H,5H2,1H3,(H,14,15)/t6-/m0/s1. The number of carboxylic acids is 1. The first-order chi connectivity index (χ1) is 7.02. The molecule has 0 heterocycles. The molecule has 1 rings (SSSR count). The minimum Gasteiger partial charge on any atom is -0.480 e. The van der Waals surface area contributed by atoms with Gasteiger partial charge in [-0.05, 0) is 19.1 Å². The summed E-state index contributed by atoms with van der Waals surface area (Å²) in [6.07, 6.45) is 0. The van der Waals surface area contributed by atoms with Gasteiger partial charge in [0, 0.05) is 22.2 Å². The largest absolute Gasteiger partial charge is 0.480 e. The number of benzene rings is 1. The van der Waals surface area contributed by atoms with Crippen molar-refractivity contribution < 1.29 is 9.90 Å². The highest BCUT2D eigenvalue weighted by molar-refractivity contribution is 6.35. The van der Waals surface area contributed by atoms with Gasteiger partial charge in [-0.2, -0.15) is 0 Å². The van der Waals surface area contributed by atoms with E-state index in [0.29, 0.717) is 22.2 Å². The third-order valence-corrected chi connectivity index (χ3v) is 2.73. The fourth-order valence-corrected chi connectivity index (χ4v) is 1.57. The lowest BCUT2D eigenvalue weighted by Gasteiger charge is -2.11. The summed E-state index contributed by atoms with van der Waals surface area (Å²) in [5, 5.41) is 12.6. The number of aliphatic carboxylic acids is 1. The van der Waals surface area contributed by atoms with Crippen LogP contribution in [-0.4, -0.2) is 17.1 Å². The maximum Gasteiger partial charge on any atom is 0.320 e. The van der Waals surface area contributed by atoms with Crippen molar-refractivity contribution in [2.24, 2.45) is 0 Å². The van der Waals surface area contributed by atoms with E-state index in [-0.39, 0.29) is 0 Å². The molecule has 0 aromatic heterocycles. The molecule has 0 saturated heterocycles. The predicted octanol–water partition coefficient (Wildman–Crippen LogP) is 2.56. The van der Waals surface area contributed by atoms with E-state index in [0.717, 1.165) is 0 Å². The molecule has 1 aromatic carbocycles. The zero-order valence-corrected chi connectivity index (χ0v) is 9.64. The SMILES string of the molecule is C[C@H](NCc1c(Cl)cccc1Cl)C(=O)O. The summed E-state index contributed by atoms with van der Waals surface area (Å²) in [7, 11) is 0. The minimum absolute atomic E-state index is 0.339. The summed E-state index contributed by atoms with van der Waals surface area (Å²) in [6.45, 7) is 1.90. The fraction of sp³-hybridized carbons (Fsp3) is 0.300. The first-order valence-electron chi connectivity index (χ1n) is 4.41. The molecule has 0 bridgehead atoms. The molecule has 0 saturated carbocycles. The number of nitrogens with one attached hydrogen (secondary N) is 1. The van der Waals surface area contributed by atoms with E-state index >= 15 is 0 Å². The van der Waals surface area contributed by atoms with Gasteiger partial charge in [0.2, 0.25) is 0 Å². The van der Waals surface area contributed by atoms with Crippen LogP contribution >= 0.6 is 23.2 Å². The number of rotatable bonds is 4. The molecule has 0 aliphatic heterocycles. The summed E-state index contributed by atoms with van der Waals surface area (Å²) >= 11 is 11.8. The second-order valence-electron chi connectivity index (χ2n) is 3.14. The van der Waals surface area contributed by atoms with E-state index in [2.05, 4.69) is 5.32 Å². The Hall–Kier alpha value is -0.770. The van der Waals surface area contributed by atoms with Gasteiger partial charge in [-0.3, -0.25) is 4.79 Å². The predicted molar refractivity (Wildman–Crippen MR) is 60.4 cm³/mol. The first kappa shape index (κ1) is 12.3. The van der Waals surface area contributed by atoms with Crippen LogP contribution in [0.2, 0.25) is 10.0 Å². The highest BCUT2D eigenvalue weighted by Crippen LogP contribution is 2.23. The van der Waals surface area contributed by atoms with Gasteiger partial charge in [-0.25, -0.2) is 0 Å². The Balaban J connectivity index is 2.69. The van der Waals surface area contributed by atoms with Crippen molar-refractivity contribution in [3.05, 3.63) is 33.8 Å². The van der Waals surface area contributed by atoms with Gasteiger partial charge >= 0.3 is 5.97 Å². The lowest BCUT2D eigenvalue weighted by atomic mass is 10.2. The van der Waals surface area contributed by atoms with Crippen LogP contribution in [0.3, 0.4) is 0 Å². The second kappa shape index (κ2) is 5.35. The molecule has 0 amide bonds. The van der Waals surface area contributed by atoms with Crippen LogP contribution in [0, 0.1) is 0 Å². The smallest absolute Gasteiger partial charge is 0.320 e. The Kier molecular flexibility index (Phi) is 4.39. The molecular formula is C10H11Cl2NO2. The average Bonchev–Trinajstić information content (AvgIpc) is 2.16. The third kappa shape index (κ3) is 3.38. The Morgan fingerprint density at radius 3 is 2.47 bits per heavy atom. The quantitative estimate of drug-likeness (QED) is 0.860. The lowest BCUT2D eigenvalue weighted by molar-refractivity contribution is -0.139. The van der Waals surface area contributed by atoms with Gasteiger partial charge in [0.15, 0.2) is 0 Å². The first-order valence-corrected chi connectivity index (χ1v) is 5.17. The molecule has 0 unspecified atom stereocenters. The average molecular weight is 248 g/mol. The van der Waals surface area contributed by atoms with Crippen molar-refractivity contribution in [2.75, 3.05) is 0 Å². The molecule has 0 radical (unpaired) electrons.